The maximum absolute atomic E-state index is 12.3. The highest BCUT2D eigenvalue weighted by Gasteiger charge is 2.39. The van der Waals surface area contributed by atoms with Gasteiger partial charge in [-0.1, -0.05) is 13.0 Å². The molecule has 1 N–H and O–H groups in total. The van der Waals surface area contributed by atoms with Gasteiger partial charge < -0.3 is 5.11 Å². The Hall–Kier alpha value is -2.43. The number of hydrogen-bond donors (Lipinski definition) is 1. The third-order valence-electron chi connectivity index (χ3n) is 3.62. The van der Waals surface area contributed by atoms with Crippen LogP contribution in [0.4, 0.5) is 0 Å². The van der Waals surface area contributed by atoms with Crippen molar-refractivity contribution >= 4 is 17.6 Å². The lowest BCUT2D eigenvalue weighted by molar-refractivity contribution is -0.119. The Balaban J connectivity index is 2.24. The zero-order valence-corrected chi connectivity index (χ0v) is 11.8. The number of carbonyl (C=O) groups is 3. The third-order valence-corrected chi connectivity index (χ3v) is 3.62. The fourth-order valence-corrected chi connectivity index (χ4v) is 2.39. The van der Waals surface area contributed by atoms with Crippen LogP contribution in [0.1, 0.15) is 46.9 Å². The van der Waals surface area contributed by atoms with E-state index in [0.29, 0.717) is 19.3 Å². The van der Waals surface area contributed by atoms with E-state index in [1.807, 2.05) is 0 Å². The lowest BCUT2D eigenvalue weighted by atomic mass is 10.1. The van der Waals surface area contributed by atoms with Gasteiger partial charge >= 0.3 is 0 Å². The molecule has 0 aliphatic carbocycles. The Bertz CT molecular complexity index is 621. The smallest absolute Gasteiger partial charge is 0.262 e. The molecule has 21 heavy (non-hydrogen) atoms. The molecule has 1 aliphatic rings. The monoisotopic (exact) mass is 287 g/mol. The van der Waals surface area contributed by atoms with Gasteiger partial charge in [0.05, 0.1) is 17.2 Å². The summed E-state index contributed by atoms with van der Waals surface area (Å²) in [6.45, 7) is 5.43. The number of nitrogens with zero attached hydrogens (tertiary/aromatic N) is 1. The summed E-state index contributed by atoms with van der Waals surface area (Å²) in [5, 5.41) is 9.44. The summed E-state index contributed by atoms with van der Waals surface area (Å²) in [6.07, 6.45) is 2.60. The molecule has 1 aliphatic heterocycles. The average molecular weight is 287 g/mol. The van der Waals surface area contributed by atoms with Crippen molar-refractivity contribution in [1.29, 1.82) is 0 Å². The summed E-state index contributed by atoms with van der Waals surface area (Å²) in [7, 11) is 0. The Morgan fingerprint density at radius 3 is 2.62 bits per heavy atom. The molecule has 0 saturated heterocycles. The van der Waals surface area contributed by atoms with Gasteiger partial charge in [-0.05, 0) is 24.6 Å². The molecule has 5 heteroatoms. The second-order valence-corrected chi connectivity index (χ2v) is 4.94. The summed E-state index contributed by atoms with van der Waals surface area (Å²) in [5.74, 6) is -0.854. The summed E-state index contributed by atoms with van der Waals surface area (Å²) in [5.41, 5.74) is 0.458. The molecule has 2 amide bonds. The maximum atomic E-state index is 12.3. The molecule has 0 saturated carbocycles. The number of rotatable bonds is 6. The zero-order valence-electron chi connectivity index (χ0n) is 11.8. The van der Waals surface area contributed by atoms with Crippen molar-refractivity contribution in [2.24, 2.45) is 0 Å². The van der Waals surface area contributed by atoms with Crippen molar-refractivity contribution < 1.29 is 19.5 Å². The van der Waals surface area contributed by atoms with Crippen LogP contribution in [-0.4, -0.2) is 33.6 Å². The minimum absolute atomic E-state index is 0.0620. The van der Waals surface area contributed by atoms with Crippen molar-refractivity contribution in [3.63, 3.8) is 0 Å². The van der Waals surface area contributed by atoms with E-state index in [4.69, 9.17) is 0 Å². The van der Waals surface area contributed by atoms with Crippen LogP contribution in [0.15, 0.2) is 30.9 Å². The highest BCUT2D eigenvalue weighted by atomic mass is 16.3. The number of fused-ring (bicyclic) bond motifs is 1. The average Bonchev–Trinajstić information content (AvgIpc) is 2.72. The molecule has 0 spiro atoms. The van der Waals surface area contributed by atoms with E-state index in [2.05, 4.69) is 6.58 Å². The lowest BCUT2D eigenvalue weighted by Gasteiger charge is -2.22. The first-order chi connectivity index (χ1) is 9.99. The molecule has 0 bridgehead atoms. The van der Waals surface area contributed by atoms with Crippen molar-refractivity contribution in [3.8, 4) is 5.75 Å². The van der Waals surface area contributed by atoms with Crippen molar-refractivity contribution in [2.45, 2.75) is 32.2 Å². The van der Waals surface area contributed by atoms with E-state index in [0.717, 1.165) is 4.90 Å². The van der Waals surface area contributed by atoms with Crippen LogP contribution in [0.25, 0.3) is 0 Å². The molecule has 1 aromatic rings. The number of imide groups is 1. The van der Waals surface area contributed by atoms with Gasteiger partial charge in [0.1, 0.15) is 11.5 Å². The normalized spacial score (nSPS) is 15.0. The van der Waals surface area contributed by atoms with Crippen LogP contribution in [0.2, 0.25) is 0 Å². The molecule has 0 fully saturated rings. The first kappa shape index (κ1) is 15.0. The van der Waals surface area contributed by atoms with Gasteiger partial charge in [0, 0.05) is 12.8 Å². The van der Waals surface area contributed by atoms with Gasteiger partial charge in [-0.3, -0.25) is 19.3 Å². The molecule has 1 atom stereocenters. The number of Topliss-reactive ketones (excluding diaryl/α,β-unsaturated/α-hetero) is 1. The number of carbonyl (C=O) groups excluding carboxylic acids is 3. The second-order valence-electron chi connectivity index (χ2n) is 4.94. The molecule has 110 valence electrons. The molecule has 1 heterocycles. The largest absolute Gasteiger partial charge is 0.508 e. The van der Waals surface area contributed by atoms with E-state index in [1.54, 1.807) is 6.92 Å². The molecular formula is C16H17NO4. The Kier molecular flexibility index (Phi) is 4.21. The van der Waals surface area contributed by atoms with Crippen LogP contribution in [-0.2, 0) is 4.79 Å². The van der Waals surface area contributed by atoms with Gasteiger partial charge in [0.15, 0.2) is 0 Å². The van der Waals surface area contributed by atoms with Crippen molar-refractivity contribution in [2.75, 3.05) is 0 Å². The van der Waals surface area contributed by atoms with E-state index in [-0.39, 0.29) is 22.7 Å². The zero-order chi connectivity index (χ0) is 15.6. The van der Waals surface area contributed by atoms with Gasteiger partial charge in [0.2, 0.25) is 0 Å². The predicted octanol–water partition coefficient (Wildman–Crippen LogP) is 2.30. The Morgan fingerprint density at radius 1 is 1.33 bits per heavy atom. The highest BCUT2D eigenvalue weighted by molar-refractivity contribution is 6.21. The SMILES string of the molecule is C=CC(CCC(=O)CC)N1C(=O)c2ccc(O)cc2C1=O. The summed E-state index contributed by atoms with van der Waals surface area (Å²) < 4.78 is 0. The fraction of sp³-hybridized carbons (Fsp3) is 0.312. The fourth-order valence-electron chi connectivity index (χ4n) is 2.39. The summed E-state index contributed by atoms with van der Waals surface area (Å²) >= 11 is 0. The Labute approximate surface area is 122 Å². The van der Waals surface area contributed by atoms with E-state index >= 15 is 0 Å². The number of aromatic hydroxyl groups is 1. The molecule has 1 unspecified atom stereocenters. The number of benzene rings is 1. The molecule has 5 nitrogen and oxygen atoms in total. The van der Waals surface area contributed by atoms with Crippen molar-refractivity contribution in [1.82, 2.24) is 4.90 Å². The quantitative estimate of drug-likeness (QED) is 0.643. The first-order valence-electron chi connectivity index (χ1n) is 6.84. The maximum Gasteiger partial charge on any atom is 0.262 e. The predicted molar refractivity (Wildman–Crippen MR) is 77.1 cm³/mol. The van der Waals surface area contributed by atoms with Crippen LogP contribution >= 0.6 is 0 Å². The standard InChI is InChI=1S/C16H17NO4/c1-3-10(5-6-11(18)4-2)17-15(20)13-8-7-12(19)9-14(13)16(17)21/h3,7-10,19H,1,4-6H2,2H3. The van der Waals surface area contributed by atoms with Gasteiger partial charge in [-0.15, -0.1) is 6.58 Å². The topological polar surface area (TPSA) is 74.7 Å². The number of hydrogen-bond acceptors (Lipinski definition) is 4. The molecule has 2 rings (SSSR count). The second kappa shape index (κ2) is 5.91. The molecular weight excluding hydrogens is 270 g/mol. The van der Waals surface area contributed by atoms with E-state index in [1.165, 1.54) is 24.3 Å². The minimum atomic E-state index is -0.518. The Morgan fingerprint density at radius 2 is 2.00 bits per heavy atom. The van der Waals surface area contributed by atoms with Crippen LogP contribution in [0.5, 0.6) is 5.75 Å². The minimum Gasteiger partial charge on any atom is -0.508 e. The number of amides is 2. The lowest BCUT2D eigenvalue weighted by Crippen LogP contribution is -2.38. The van der Waals surface area contributed by atoms with Crippen molar-refractivity contribution in [3.05, 3.63) is 42.0 Å². The number of phenolic OH excluding ortho intramolecular Hbond substituents is 1. The first-order valence-corrected chi connectivity index (χ1v) is 6.84. The molecule has 1 aromatic carbocycles. The van der Waals surface area contributed by atoms with Gasteiger partial charge in [0.25, 0.3) is 11.8 Å². The van der Waals surface area contributed by atoms with Gasteiger partial charge in [-0.2, -0.15) is 0 Å². The van der Waals surface area contributed by atoms with Crippen LogP contribution < -0.4 is 0 Å². The third kappa shape index (κ3) is 2.72. The van der Waals surface area contributed by atoms with Gasteiger partial charge in [-0.25, -0.2) is 0 Å². The summed E-state index contributed by atoms with van der Waals surface area (Å²) in [4.78, 5) is 37.2. The van der Waals surface area contributed by atoms with Crippen LogP contribution in [0, 0.1) is 0 Å². The van der Waals surface area contributed by atoms with E-state index in [9.17, 15) is 19.5 Å². The molecule has 0 aromatic heterocycles. The number of ketones is 1. The molecule has 0 radical (unpaired) electrons. The highest BCUT2D eigenvalue weighted by Crippen LogP contribution is 2.29. The van der Waals surface area contributed by atoms with E-state index < -0.39 is 17.9 Å². The number of phenols is 1. The summed E-state index contributed by atoms with van der Waals surface area (Å²) in [6, 6.07) is 3.57. The van der Waals surface area contributed by atoms with Crippen LogP contribution in [0.3, 0.4) is 0 Å².